The molecule has 0 aliphatic rings. The number of para-hydroxylation sites is 1. The molecular formula is C18H19N5O2. The van der Waals surface area contributed by atoms with Gasteiger partial charge in [0.25, 0.3) is 5.91 Å². The standard InChI is InChI=1S/C18H19N5O2/c1-13(25-15-6-4-3-5-7-15)18(24)21-11-14-10-16(22-23(14)2)17-12-19-8-9-20-17/h3-10,12-13H,11H2,1-2H3,(H,21,24). The smallest absolute Gasteiger partial charge is 0.261 e. The maximum atomic E-state index is 12.2. The van der Waals surface area contributed by atoms with E-state index in [-0.39, 0.29) is 5.91 Å². The SMILES string of the molecule is CC(Oc1ccccc1)C(=O)NCc1cc(-c2cnccn2)nn1C. The van der Waals surface area contributed by atoms with E-state index < -0.39 is 6.10 Å². The molecule has 1 amide bonds. The molecule has 0 fully saturated rings. The Balaban J connectivity index is 1.60. The minimum Gasteiger partial charge on any atom is -0.481 e. The Labute approximate surface area is 145 Å². The summed E-state index contributed by atoms with van der Waals surface area (Å²) < 4.78 is 7.33. The molecule has 0 radical (unpaired) electrons. The van der Waals surface area contributed by atoms with Crippen LogP contribution in [-0.2, 0) is 18.4 Å². The third-order valence-corrected chi connectivity index (χ3v) is 3.67. The van der Waals surface area contributed by atoms with Crippen molar-refractivity contribution in [2.24, 2.45) is 7.05 Å². The molecular weight excluding hydrogens is 318 g/mol. The van der Waals surface area contributed by atoms with Crippen molar-refractivity contribution in [2.75, 3.05) is 0 Å². The first-order valence-electron chi connectivity index (χ1n) is 7.92. The van der Waals surface area contributed by atoms with Crippen molar-refractivity contribution < 1.29 is 9.53 Å². The van der Waals surface area contributed by atoms with E-state index in [1.54, 1.807) is 30.2 Å². The molecule has 1 unspecified atom stereocenters. The average molecular weight is 337 g/mol. The maximum Gasteiger partial charge on any atom is 0.261 e. The van der Waals surface area contributed by atoms with Gasteiger partial charge in [0.05, 0.1) is 18.4 Å². The quantitative estimate of drug-likeness (QED) is 0.743. The number of ether oxygens (including phenoxy) is 1. The second-order valence-corrected chi connectivity index (χ2v) is 5.53. The van der Waals surface area contributed by atoms with Gasteiger partial charge in [0.1, 0.15) is 17.1 Å². The summed E-state index contributed by atoms with van der Waals surface area (Å²) in [5.41, 5.74) is 2.27. The van der Waals surface area contributed by atoms with E-state index in [0.29, 0.717) is 23.7 Å². The summed E-state index contributed by atoms with van der Waals surface area (Å²) in [5, 5.41) is 7.27. The van der Waals surface area contributed by atoms with Crippen molar-refractivity contribution in [3.63, 3.8) is 0 Å². The Bertz CT molecular complexity index is 833. The molecule has 0 bridgehead atoms. The van der Waals surface area contributed by atoms with Gasteiger partial charge in [-0.3, -0.25) is 19.4 Å². The van der Waals surface area contributed by atoms with Gasteiger partial charge in [-0.05, 0) is 25.1 Å². The molecule has 128 valence electrons. The van der Waals surface area contributed by atoms with Gasteiger partial charge in [0, 0.05) is 19.4 Å². The molecule has 7 heteroatoms. The van der Waals surface area contributed by atoms with Crippen LogP contribution in [0.25, 0.3) is 11.4 Å². The predicted octanol–water partition coefficient (Wildman–Crippen LogP) is 1.96. The van der Waals surface area contributed by atoms with Gasteiger partial charge in [-0.15, -0.1) is 0 Å². The normalized spacial score (nSPS) is 11.8. The number of aryl methyl sites for hydroxylation is 1. The van der Waals surface area contributed by atoms with E-state index in [4.69, 9.17) is 4.74 Å². The molecule has 3 rings (SSSR count). The Morgan fingerprint density at radius 3 is 2.76 bits per heavy atom. The highest BCUT2D eigenvalue weighted by atomic mass is 16.5. The lowest BCUT2D eigenvalue weighted by atomic mass is 10.3. The summed E-state index contributed by atoms with van der Waals surface area (Å²) >= 11 is 0. The molecule has 0 aliphatic heterocycles. The van der Waals surface area contributed by atoms with Crippen LogP contribution in [0.4, 0.5) is 0 Å². The molecule has 0 spiro atoms. The van der Waals surface area contributed by atoms with Gasteiger partial charge >= 0.3 is 0 Å². The largest absolute Gasteiger partial charge is 0.481 e. The number of carbonyl (C=O) groups is 1. The molecule has 0 saturated heterocycles. The van der Waals surface area contributed by atoms with Crippen LogP contribution in [-0.4, -0.2) is 31.8 Å². The van der Waals surface area contributed by atoms with Crippen LogP contribution < -0.4 is 10.1 Å². The summed E-state index contributed by atoms with van der Waals surface area (Å²) in [5.74, 6) is 0.474. The molecule has 0 saturated carbocycles. The monoisotopic (exact) mass is 337 g/mol. The first-order valence-corrected chi connectivity index (χ1v) is 7.92. The van der Waals surface area contributed by atoms with Crippen LogP contribution in [0.15, 0.2) is 55.0 Å². The molecule has 1 N–H and O–H groups in total. The fourth-order valence-corrected chi connectivity index (χ4v) is 2.31. The first-order chi connectivity index (χ1) is 12.1. The van der Waals surface area contributed by atoms with E-state index in [1.807, 2.05) is 43.4 Å². The third kappa shape index (κ3) is 4.20. The van der Waals surface area contributed by atoms with Crippen LogP contribution in [0, 0.1) is 0 Å². The Morgan fingerprint density at radius 2 is 2.04 bits per heavy atom. The third-order valence-electron chi connectivity index (χ3n) is 3.67. The summed E-state index contributed by atoms with van der Waals surface area (Å²) in [6, 6.07) is 11.1. The Hall–Kier alpha value is -3.22. The summed E-state index contributed by atoms with van der Waals surface area (Å²) in [4.78, 5) is 20.5. The first kappa shape index (κ1) is 16.6. The molecule has 2 heterocycles. The van der Waals surface area contributed by atoms with Crippen LogP contribution in [0.5, 0.6) is 5.75 Å². The van der Waals surface area contributed by atoms with E-state index in [2.05, 4.69) is 20.4 Å². The van der Waals surface area contributed by atoms with Gasteiger partial charge < -0.3 is 10.1 Å². The van der Waals surface area contributed by atoms with Crippen LogP contribution in [0.2, 0.25) is 0 Å². The lowest BCUT2D eigenvalue weighted by molar-refractivity contribution is -0.127. The average Bonchev–Trinajstić information content (AvgIpc) is 3.02. The zero-order valence-electron chi connectivity index (χ0n) is 14.1. The van der Waals surface area contributed by atoms with Crippen molar-refractivity contribution >= 4 is 5.91 Å². The second kappa shape index (κ2) is 7.57. The summed E-state index contributed by atoms with van der Waals surface area (Å²) in [7, 11) is 1.82. The van der Waals surface area contributed by atoms with Gasteiger partial charge in [0.2, 0.25) is 0 Å². The van der Waals surface area contributed by atoms with Gasteiger partial charge in [0.15, 0.2) is 6.10 Å². The van der Waals surface area contributed by atoms with E-state index >= 15 is 0 Å². The fourth-order valence-electron chi connectivity index (χ4n) is 2.31. The van der Waals surface area contributed by atoms with E-state index in [9.17, 15) is 4.79 Å². The van der Waals surface area contributed by atoms with Crippen molar-refractivity contribution in [3.05, 3.63) is 60.7 Å². The zero-order chi connectivity index (χ0) is 17.6. The Kier molecular flexibility index (Phi) is 5.03. The topological polar surface area (TPSA) is 81.9 Å². The number of hydrogen-bond acceptors (Lipinski definition) is 5. The molecule has 2 aromatic heterocycles. The van der Waals surface area contributed by atoms with Crippen molar-refractivity contribution in [2.45, 2.75) is 19.6 Å². The molecule has 1 atom stereocenters. The highest BCUT2D eigenvalue weighted by Crippen LogP contribution is 2.15. The lowest BCUT2D eigenvalue weighted by Crippen LogP contribution is -2.36. The fraction of sp³-hybridized carbons (Fsp3) is 0.222. The number of amides is 1. The van der Waals surface area contributed by atoms with Gasteiger partial charge in [-0.2, -0.15) is 5.10 Å². The lowest BCUT2D eigenvalue weighted by Gasteiger charge is -2.14. The summed E-state index contributed by atoms with van der Waals surface area (Å²) in [6.45, 7) is 2.07. The number of aromatic nitrogens is 4. The molecule has 1 aromatic carbocycles. The number of nitrogens with zero attached hydrogens (tertiary/aromatic N) is 4. The minimum atomic E-state index is -0.588. The number of carbonyl (C=O) groups excluding carboxylic acids is 1. The summed E-state index contributed by atoms with van der Waals surface area (Å²) in [6.07, 6.45) is 4.30. The van der Waals surface area contributed by atoms with Gasteiger partial charge in [-0.25, -0.2) is 0 Å². The van der Waals surface area contributed by atoms with Crippen LogP contribution >= 0.6 is 0 Å². The number of rotatable bonds is 6. The number of hydrogen-bond donors (Lipinski definition) is 1. The highest BCUT2D eigenvalue weighted by molar-refractivity contribution is 5.80. The zero-order valence-corrected chi connectivity index (χ0v) is 14.1. The molecule has 25 heavy (non-hydrogen) atoms. The second-order valence-electron chi connectivity index (χ2n) is 5.53. The van der Waals surface area contributed by atoms with Gasteiger partial charge in [-0.1, -0.05) is 18.2 Å². The van der Waals surface area contributed by atoms with Crippen molar-refractivity contribution in [1.82, 2.24) is 25.1 Å². The van der Waals surface area contributed by atoms with Crippen molar-refractivity contribution in [1.29, 1.82) is 0 Å². The predicted molar refractivity (Wildman–Crippen MR) is 92.6 cm³/mol. The molecule has 7 nitrogen and oxygen atoms in total. The maximum absolute atomic E-state index is 12.2. The van der Waals surface area contributed by atoms with E-state index in [0.717, 1.165) is 5.69 Å². The van der Waals surface area contributed by atoms with Crippen LogP contribution in [0.3, 0.4) is 0 Å². The minimum absolute atomic E-state index is 0.189. The van der Waals surface area contributed by atoms with Crippen LogP contribution in [0.1, 0.15) is 12.6 Å². The Morgan fingerprint density at radius 1 is 1.24 bits per heavy atom. The molecule has 0 aliphatic carbocycles. The molecule has 3 aromatic rings. The van der Waals surface area contributed by atoms with Crippen molar-refractivity contribution in [3.8, 4) is 17.1 Å². The van der Waals surface area contributed by atoms with E-state index in [1.165, 1.54) is 0 Å². The number of benzene rings is 1. The highest BCUT2D eigenvalue weighted by Gasteiger charge is 2.15. The number of nitrogens with one attached hydrogen (secondary N) is 1.